The van der Waals surface area contributed by atoms with Crippen molar-refractivity contribution in [2.24, 2.45) is 5.10 Å². The first kappa shape index (κ1) is 20.0. The van der Waals surface area contributed by atoms with Crippen molar-refractivity contribution in [2.75, 3.05) is 19.6 Å². The fourth-order valence-corrected chi connectivity index (χ4v) is 4.56. The molecule has 3 rings (SSSR count). The van der Waals surface area contributed by atoms with E-state index in [9.17, 15) is 4.57 Å². The largest absolute Gasteiger partial charge is 0.343 e. The summed E-state index contributed by atoms with van der Waals surface area (Å²) in [6.07, 6.45) is 0. The van der Waals surface area contributed by atoms with E-state index in [0.29, 0.717) is 5.71 Å². The molecule has 0 saturated heterocycles. The number of para-hydroxylation sites is 1. The van der Waals surface area contributed by atoms with Crippen LogP contribution in [0.4, 0.5) is 5.69 Å². The predicted molar refractivity (Wildman–Crippen MR) is 114 cm³/mol. The Hall–Kier alpha value is -2.72. The van der Waals surface area contributed by atoms with E-state index in [1.165, 1.54) is 14.2 Å². The van der Waals surface area contributed by atoms with E-state index in [1.54, 1.807) is 0 Å². The van der Waals surface area contributed by atoms with Gasteiger partial charge in [-0.05, 0) is 23.3 Å². The Bertz CT molecular complexity index is 939. The van der Waals surface area contributed by atoms with Gasteiger partial charge in [0.05, 0.1) is 11.4 Å². The Labute approximate surface area is 165 Å². The lowest BCUT2D eigenvalue weighted by molar-refractivity contribution is 0.272. The molecular weight excluding hydrogens is 371 g/mol. The van der Waals surface area contributed by atoms with Crippen LogP contribution in [0, 0.1) is 0 Å². The molecule has 0 aliphatic heterocycles. The van der Waals surface area contributed by atoms with Crippen molar-refractivity contribution in [3.8, 4) is 0 Å². The van der Waals surface area contributed by atoms with Gasteiger partial charge < -0.3 is 9.05 Å². The Morgan fingerprint density at radius 3 is 1.86 bits per heavy atom. The first-order valence-corrected chi connectivity index (χ1v) is 10.5. The van der Waals surface area contributed by atoms with E-state index < -0.39 is 13.3 Å². The normalized spacial score (nSPS) is 13.1. The fourth-order valence-electron chi connectivity index (χ4n) is 2.94. The Morgan fingerprint density at radius 2 is 1.32 bits per heavy atom. The molecular formula is C22H23N2O3P. The monoisotopic (exact) mass is 394 g/mol. The fraction of sp³-hybridized carbons (Fsp3) is 0.136. The zero-order valence-corrected chi connectivity index (χ0v) is 16.8. The van der Waals surface area contributed by atoms with Crippen LogP contribution in [-0.2, 0) is 13.6 Å². The summed E-state index contributed by atoms with van der Waals surface area (Å²) in [4.78, 5) is 0. The van der Waals surface area contributed by atoms with Gasteiger partial charge in [0.15, 0.2) is 0 Å². The van der Waals surface area contributed by atoms with Gasteiger partial charge in [-0.2, -0.15) is 5.10 Å². The summed E-state index contributed by atoms with van der Waals surface area (Å²) in [7, 11) is -0.734. The highest BCUT2D eigenvalue weighted by Gasteiger charge is 2.40. The maximum absolute atomic E-state index is 13.5. The second kappa shape index (κ2) is 9.47. The molecule has 144 valence electrons. The highest BCUT2D eigenvalue weighted by molar-refractivity contribution is 7.55. The van der Waals surface area contributed by atoms with Crippen molar-refractivity contribution < 1.29 is 13.6 Å². The maximum atomic E-state index is 13.5. The Kier molecular flexibility index (Phi) is 6.77. The van der Waals surface area contributed by atoms with Crippen LogP contribution in [0.1, 0.15) is 16.8 Å². The van der Waals surface area contributed by atoms with E-state index in [4.69, 9.17) is 9.05 Å². The highest BCUT2D eigenvalue weighted by Crippen LogP contribution is 2.61. The average molecular weight is 394 g/mol. The average Bonchev–Trinajstić information content (AvgIpc) is 2.78. The van der Waals surface area contributed by atoms with Crippen molar-refractivity contribution in [1.82, 2.24) is 0 Å². The van der Waals surface area contributed by atoms with Crippen molar-refractivity contribution in [1.29, 1.82) is 0 Å². The number of nitrogens with one attached hydrogen (secondary N) is 1. The van der Waals surface area contributed by atoms with E-state index in [2.05, 4.69) is 10.5 Å². The van der Waals surface area contributed by atoms with Crippen molar-refractivity contribution in [2.45, 2.75) is 5.66 Å². The second-order valence-corrected chi connectivity index (χ2v) is 8.39. The summed E-state index contributed by atoms with van der Waals surface area (Å²) in [6, 6.07) is 28.7. The molecule has 1 N–H and O–H groups in total. The number of rotatable bonds is 8. The predicted octanol–water partition coefficient (Wildman–Crippen LogP) is 5.73. The molecule has 0 bridgehead atoms. The third-order valence-corrected chi connectivity index (χ3v) is 6.54. The minimum atomic E-state index is -3.53. The van der Waals surface area contributed by atoms with Crippen molar-refractivity contribution in [3.05, 3.63) is 102 Å². The SMILES string of the molecule is COP(=O)(OC)C(/C(=N/Nc1ccccc1)c1ccccc1)c1ccccc1. The summed E-state index contributed by atoms with van der Waals surface area (Å²) in [5, 5.41) is 4.64. The van der Waals surface area contributed by atoms with Gasteiger partial charge >= 0.3 is 7.60 Å². The topological polar surface area (TPSA) is 59.9 Å². The van der Waals surface area contributed by atoms with Gasteiger partial charge in [0.2, 0.25) is 0 Å². The van der Waals surface area contributed by atoms with Crippen LogP contribution in [0.2, 0.25) is 0 Å². The van der Waals surface area contributed by atoms with Gasteiger partial charge in [0, 0.05) is 14.2 Å². The van der Waals surface area contributed by atoms with Gasteiger partial charge in [-0.1, -0.05) is 78.9 Å². The van der Waals surface area contributed by atoms with Gasteiger partial charge in [-0.3, -0.25) is 9.99 Å². The molecule has 6 heteroatoms. The second-order valence-electron chi connectivity index (χ2n) is 6.06. The number of benzene rings is 3. The van der Waals surface area contributed by atoms with Crippen LogP contribution in [0.3, 0.4) is 0 Å². The van der Waals surface area contributed by atoms with E-state index in [-0.39, 0.29) is 0 Å². The van der Waals surface area contributed by atoms with Crippen LogP contribution in [0.5, 0.6) is 0 Å². The molecule has 1 unspecified atom stereocenters. The maximum Gasteiger partial charge on any atom is 0.343 e. The van der Waals surface area contributed by atoms with Gasteiger partial charge in [0.1, 0.15) is 5.66 Å². The number of hydrogen-bond acceptors (Lipinski definition) is 5. The molecule has 0 aliphatic carbocycles. The van der Waals surface area contributed by atoms with E-state index in [0.717, 1.165) is 16.8 Å². The minimum Gasteiger partial charge on any atom is -0.311 e. The van der Waals surface area contributed by atoms with Gasteiger partial charge in [0.25, 0.3) is 0 Å². The molecule has 5 nitrogen and oxygen atoms in total. The molecule has 0 spiro atoms. The van der Waals surface area contributed by atoms with E-state index in [1.807, 2.05) is 91.0 Å². The molecule has 0 saturated carbocycles. The molecule has 28 heavy (non-hydrogen) atoms. The molecule has 0 aliphatic rings. The summed E-state index contributed by atoms with van der Waals surface area (Å²) in [5.74, 6) is 0. The zero-order valence-electron chi connectivity index (χ0n) is 15.9. The Morgan fingerprint density at radius 1 is 0.821 bits per heavy atom. The lowest BCUT2D eigenvalue weighted by atomic mass is 10.0. The molecule has 0 heterocycles. The summed E-state index contributed by atoms with van der Waals surface area (Å²) >= 11 is 0. The third-order valence-electron chi connectivity index (χ3n) is 4.35. The van der Waals surface area contributed by atoms with Crippen molar-refractivity contribution in [3.63, 3.8) is 0 Å². The minimum absolute atomic E-state index is 0.572. The molecule has 3 aromatic rings. The smallest absolute Gasteiger partial charge is 0.311 e. The molecule has 3 aromatic carbocycles. The number of nitrogens with zero attached hydrogens (tertiary/aromatic N) is 1. The third kappa shape index (κ3) is 4.57. The Balaban J connectivity index is 2.15. The summed E-state index contributed by atoms with van der Waals surface area (Å²) in [5.41, 5.74) is 5.40. The van der Waals surface area contributed by atoms with Crippen LogP contribution >= 0.6 is 7.60 Å². The van der Waals surface area contributed by atoms with Crippen LogP contribution < -0.4 is 5.43 Å². The first-order valence-electron chi connectivity index (χ1n) is 8.88. The molecule has 0 fully saturated rings. The standard InChI is InChI=1S/C22H23N2O3P/c1-26-28(25,27-2)22(19-14-8-4-9-15-19)21(18-12-6-3-7-13-18)24-23-20-16-10-5-11-17-20/h3-17,22-23H,1-2H3/b24-21+. The summed E-state index contributed by atoms with van der Waals surface area (Å²) < 4.78 is 24.3. The number of hydrogen-bond donors (Lipinski definition) is 1. The molecule has 0 aromatic heterocycles. The lowest BCUT2D eigenvalue weighted by Gasteiger charge is -2.26. The molecule has 1 atom stereocenters. The van der Waals surface area contributed by atoms with E-state index >= 15 is 0 Å². The lowest BCUT2D eigenvalue weighted by Crippen LogP contribution is -2.18. The van der Waals surface area contributed by atoms with Crippen molar-refractivity contribution >= 4 is 19.0 Å². The van der Waals surface area contributed by atoms with Crippen LogP contribution in [0.25, 0.3) is 0 Å². The molecule has 0 amide bonds. The first-order chi connectivity index (χ1) is 13.7. The quantitative estimate of drug-likeness (QED) is 0.301. The van der Waals surface area contributed by atoms with Gasteiger partial charge in [-0.15, -0.1) is 0 Å². The van der Waals surface area contributed by atoms with Crippen LogP contribution in [-0.4, -0.2) is 19.9 Å². The highest BCUT2D eigenvalue weighted by atomic mass is 31.2. The van der Waals surface area contributed by atoms with Crippen LogP contribution in [0.15, 0.2) is 96.1 Å². The zero-order chi connectivity index (χ0) is 19.8. The number of hydrazone groups is 1. The van der Waals surface area contributed by atoms with Gasteiger partial charge in [-0.25, -0.2) is 0 Å². The molecule has 0 radical (unpaired) electrons. The number of anilines is 1. The summed E-state index contributed by atoms with van der Waals surface area (Å²) in [6.45, 7) is 0.